The van der Waals surface area contributed by atoms with E-state index in [4.69, 9.17) is 5.73 Å². The SMILES string of the molecule is Cc1ccc(C(=O)Nc2cc(C(C)(C)C)ccc2N(C)CCCN(C)C)cc1-c1ccc2nc(N)ncc2c1. The van der Waals surface area contributed by atoms with Crippen molar-refractivity contribution in [2.75, 3.05) is 50.2 Å². The van der Waals surface area contributed by atoms with Crippen LogP contribution in [0.4, 0.5) is 17.3 Å². The zero-order valence-corrected chi connectivity index (χ0v) is 24.2. The second-order valence-electron chi connectivity index (χ2n) is 11.5. The third-order valence-corrected chi connectivity index (χ3v) is 7.03. The maximum atomic E-state index is 13.6. The van der Waals surface area contributed by atoms with E-state index in [-0.39, 0.29) is 17.3 Å². The Labute approximate surface area is 232 Å². The maximum Gasteiger partial charge on any atom is 0.255 e. The van der Waals surface area contributed by atoms with Crippen LogP contribution in [0.3, 0.4) is 0 Å². The van der Waals surface area contributed by atoms with Crippen LogP contribution >= 0.6 is 0 Å². The molecule has 0 unspecified atom stereocenters. The van der Waals surface area contributed by atoms with Crippen LogP contribution in [0, 0.1) is 6.92 Å². The minimum Gasteiger partial charge on any atom is -0.373 e. The number of aryl methyl sites for hydroxylation is 1. The molecule has 4 rings (SSSR count). The fourth-order valence-corrected chi connectivity index (χ4v) is 4.66. The van der Waals surface area contributed by atoms with Gasteiger partial charge in [-0.25, -0.2) is 9.97 Å². The number of benzene rings is 3. The lowest BCUT2D eigenvalue weighted by molar-refractivity contribution is 0.102. The highest BCUT2D eigenvalue weighted by molar-refractivity contribution is 6.07. The van der Waals surface area contributed by atoms with Crippen LogP contribution in [0.1, 0.15) is 48.7 Å². The lowest BCUT2D eigenvalue weighted by Gasteiger charge is -2.27. The van der Waals surface area contributed by atoms with Crippen LogP contribution < -0.4 is 16.0 Å². The van der Waals surface area contributed by atoms with Crippen LogP contribution in [-0.2, 0) is 5.41 Å². The molecule has 3 aromatic carbocycles. The Morgan fingerprint density at radius 3 is 2.46 bits per heavy atom. The summed E-state index contributed by atoms with van der Waals surface area (Å²) in [6.07, 6.45) is 2.76. The third-order valence-electron chi connectivity index (χ3n) is 7.03. The van der Waals surface area contributed by atoms with Gasteiger partial charge in [0.25, 0.3) is 5.91 Å². The van der Waals surface area contributed by atoms with Crippen molar-refractivity contribution in [2.24, 2.45) is 0 Å². The lowest BCUT2D eigenvalue weighted by atomic mass is 9.86. The van der Waals surface area contributed by atoms with Gasteiger partial charge in [0.05, 0.1) is 16.9 Å². The van der Waals surface area contributed by atoms with Crippen molar-refractivity contribution >= 4 is 34.1 Å². The standard InChI is InChI=1S/C32H40N6O/c1-21-9-10-23(18-26(21)22-11-13-27-24(17-22)20-34-31(33)36-27)30(39)35-28-19-25(32(2,3)4)12-14-29(28)38(7)16-8-15-37(5)6/h9-14,17-20H,8,15-16H2,1-7H3,(H,35,39)(H2,33,34,36). The van der Waals surface area contributed by atoms with Gasteiger partial charge in [0.15, 0.2) is 0 Å². The summed E-state index contributed by atoms with van der Waals surface area (Å²) in [6.45, 7) is 10.5. The molecule has 39 heavy (non-hydrogen) atoms. The first kappa shape index (κ1) is 28.0. The number of amides is 1. The monoisotopic (exact) mass is 524 g/mol. The molecule has 0 aliphatic rings. The van der Waals surface area contributed by atoms with Gasteiger partial charge in [-0.2, -0.15) is 0 Å². The molecule has 0 saturated heterocycles. The smallest absolute Gasteiger partial charge is 0.255 e. The van der Waals surface area contributed by atoms with Crippen molar-refractivity contribution in [3.63, 3.8) is 0 Å². The van der Waals surface area contributed by atoms with Crippen molar-refractivity contribution in [1.29, 1.82) is 0 Å². The number of fused-ring (bicyclic) bond motifs is 1. The van der Waals surface area contributed by atoms with Crippen LogP contribution in [0.5, 0.6) is 0 Å². The molecular formula is C32H40N6O. The number of hydrogen-bond acceptors (Lipinski definition) is 6. The first-order chi connectivity index (χ1) is 18.4. The molecule has 0 radical (unpaired) electrons. The van der Waals surface area contributed by atoms with E-state index in [1.54, 1.807) is 6.20 Å². The molecule has 0 saturated carbocycles. The van der Waals surface area contributed by atoms with Crippen molar-refractivity contribution in [2.45, 2.75) is 39.5 Å². The average molecular weight is 525 g/mol. The Morgan fingerprint density at radius 1 is 0.974 bits per heavy atom. The van der Waals surface area contributed by atoms with E-state index in [9.17, 15) is 4.79 Å². The maximum absolute atomic E-state index is 13.6. The molecule has 1 heterocycles. The Balaban J connectivity index is 1.65. The van der Waals surface area contributed by atoms with Crippen LogP contribution in [-0.4, -0.2) is 55.0 Å². The Bertz CT molecular complexity index is 1490. The molecule has 3 N–H and O–H groups in total. The van der Waals surface area contributed by atoms with E-state index < -0.39 is 0 Å². The van der Waals surface area contributed by atoms with Crippen LogP contribution in [0.2, 0.25) is 0 Å². The molecule has 0 fully saturated rings. The molecule has 0 bridgehead atoms. The van der Waals surface area contributed by atoms with Gasteiger partial charge in [0.1, 0.15) is 0 Å². The highest BCUT2D eigenvalue weighted by Gasteiger charge is 2.19. The predicted octanol–water partition coefficient (Wildman–Crippen LogP) is 6.13. The number of hydrogen-bond donors (Lipinski definition) is 2. The normalized spacial score (nSPS) is 11.7. The summed E-state index contributed by atoms with van der Waals surface area (Å²) >= 11 is 0. The number of carbonyl (C=O) groups is 1. The van der Waals surface area contributed by atoms with Crippen molar-refractivity contribution in [1.82, 2.24) is 14.9 Å². The minimum atomic E-state index is -0.137. The number of nitrogens with two attached hydrogens (primary N) is 1. The molecule has 0 aliphatic carbocycles. The second kappa shape index (κ2) is 11.4. The first-order valence-corrected chi connectivity index (χ1v) is 13.4. The lowest BCUT2D eigenvalue weighted by Crippen LogP contribution is -2.25. The molecule has 7 heteroatoms. The molecule has 204 valence electrons. The van der Waals surface area contributed by atoms with Gasteiger partial charge in [0.2, 0.25) is 5.95 Å². The Kier molecular flexibility index (Phi) is 8.21. The highest BCUT2D eigenvalue weighted by Crippen LogP contribution is 2.33. The Hall–Kier alpha value is -3.97. The van der Waals surface area contributed by atoms with Gasteiger partial charge in [0, 0.05) is 30.7 Å². The largest absolute Gasteiger partial charge is 0.373 e. The number of carbonyl (C=O) groups excluding carboxylic acids is 1. The molecule has 4 aromatic rings. The fraction of sp³-hybridized carbons (Fsp3) is 0.344. The predicted molar refractivity (Wildman–Crippen MR) is 164 cm³/mol. The van der Waals surface area contributed by atoms with E-state index in [2.05, 4.69) is 85.2 Å². The molecule has 0 spiro atoms. The van der Waals surface area contributed by atoms with E-state index in [0.29, 0.717) is 5.56 Å². The van der Waals surface area contributed by atoms with Gasteiger partial charge < -0.3 is 20.9 Å². The number of rotatable bonds is 8. The number of nitrogens with zero attached hydrogens (tertiary/aromatic N) is 4. The number of aromatic nitrogens is 2. The first-order valence-electron chi connectivity index (χ1n) is 13.4. The summed E-state index contributed by atoms with van der Waals surface area (Å²) < 4.78 is 0. The van der Waals surface area contributed by atoms with Crippen molar-refractivity contribution < 1.29 is 4.79 Å². The molecule has 0 atom stereocenters. The zero-order chi connectivity index (χ0) is 28.3. The molecule has 7 nitrogen and oxygen atoms in total. The summed E-state index contributed by atoms with van der Waals surface area (Å²) in [4.78, 5) is 26.5. The highest BCUT2D eigenvalue weighted by atomic mass is 16.1. The topological polar surface area (TPSA) is 87.4 Å². The number of anilines is 3. The molecule has 1 amide bonds. The summed E-state index contributed by atoms with van der Waals surface area (Å²) in [5.41, 5.74) is 13.2. The van der Waals surface area contributed by atoms with Gasteiger partial charge in [-0.15, -0.1) is 0 Å². The number of nitrogen functional groups attached to an aromatic ring is 1. The quantitative estimate of drug-likeness (QED) is 0.289. The third kappa shape index (κ3) is 6.73. The van der Waals surface area contributed by atoms with E-state index >= 15 is 0 Å². The van der Waals surface area contributed by atoms with Gasteiger partial charge >= 0.3 is 0 Å². The average Bonchev–Trinajstić information content (AvgIpc) is 2.87. The summed E-state index contributed by atoms with van der Waals surface area (Å²) in [7, 11) is 6.25. The molecule has 0 aliphatic heterocycles. The summed E-state index contributed by atoms with van der Waals surface area (Å²) in [5, 5.41) is 4.13. The zero-order valence-electron chi connectivity index (χ0n) is 24.2. The molecule has 1 aromatic heterocycles. The van der Waals surface area contributed by atoms with Crippen LogP contribution in [0.15, 0.2) is 60.8 Å². The van der Waals surface area contributed by atoms with E-state index in [1.165, 1.54) is 5.56 Å². The Morgan fingerprint density at radius 2 is 1.74 bits per heavy atom. The summed E-state index contributed by atoms with van der Waals surface area (Å²) in [5.74, 6) is 0.116. The minimum absolute atomic E-state index is 0.0387. The second-order valence-corrected chi connectivity index (χ2v) is 11.5. The van der Waals surface area contributed by atoms with Gasteiger partial charge in [-0.3, -0.25) is 4.79 Å². The number of nitrogens with one attached hydrogen (secondary N) is 1. The van der Waals surface area contributed by atoms with Gasteiger partial charge in [-0.05, 0) is 98.1 Å². The van der Waals surface area contributed by atoms with Crippen molar-refractivity contribution in [3.05, 3.63) is 77.5 Å². The molecular weight excluding hydrogens is 484 g/mol. The van der Waals surface area contributed by atoms with E-state index in [1.807, 2.05) is 43.3 Å². The van der Waals surface area contributed by atoms with Crippen LogP contribution in [0.25, 0.3) is 22.0 Å². The van der Waals surface area contributed by atoms with Crippen molar-refractivity contribution in [3.8, 4) is 11.1 Å². The summed E-state index contributed by atoms with van der Waals surface area (Å²) in [6, 6.07) is 18.2. The van der Waals surface area contributed by atoms with Gasteiger partial charge in [-0.1, -0.05) is 39.0 Å². The fourth-order valence-electron chi connectivity index (χ4n) is 4.66. The van der Waals surface area contributed by atoms with E-state index in [0.717, 1.165) is 58.5 Å².